The number of amides is 1. The lowest BCUT2D eigenvalue weighted by Crippen LogP contribution is -2.26. The first-order chi connectivity index (χ1) is 12.5. The molecular formula is C21H22FN3O. The van der Waals surface area contributed by atoms with Crippen molar-refractivity contribution in [1.29, 1.82) is 0 Å². The lowest BCUT2D eigenvalue weighted by molar-refractivity contribution is 0.0946. The lowest BCUT2D eigenvalue weighted by Gasteiger charge is -2.11. The molecule has 3 aromatic rings. The van der Waals surface area contributed by atoms with E-state index in [1.807, 2.05) is 39.0 Å². The highest BCUT2D eigenvalue weighted by Gasteiger charge is 2.18. The van der Waals surface area contributed by atoms with Crippen molar-refractivity contribution < 1.29 is 9.18 Å². The van der Waals surface area contributed by atoms with E-state index in [4.69, 9.17) is 0 Å². The zero-order valence-electron chi connectivity index (χ0n) is 15.2. The van der Waals surface area contributed by atoms with E-state index in [9.17, 15) is 9.18 Å². The molecule has 0 atom stereocenters. The van der Waals surface area contributed by atoms with Crippen LogP contribution in [0.3, 0.4) is 0 Å². The molecule has 5 heteroatoms. The number of nitrogens with one attached hydrogen (secondary N) is 1. The fourth-order valence-corrected chi connectivity index (χ4v) is 2.76. The van der Waals surface area contributed by atoms with Crippen molar-refractivity contribution in [2.45, 2.75) is 27.2 Å². The number of rotatable bonds is 5. The fourth-order valence-electron chi connectivity index (χ4n) is 2.76. The minimum Gasteiger partial charge on any atom is -0.351 e. The number of hydrogen-bond donors (Lipinski definition) is 1. The molecule has 0 fully saturated rings. The van der Waals surface area contributed by atoms with Gasteiger partial charge in [-0.3, -0.25) is 4.79 Å². The quantitative estimate of drug-likeness (QED) is 0.739. The van der Waals surface area contributed by atoms with E-state index < -0.39 is 0 Å². The van der Waals surface area contributed by atoms with Crippen molar-refractivity contribution in [3.05, 3.63) is 71.2 Å². The van der Waals surface area contributed by atoms with Gasteiger partial charge in [0.2, 0.25) is 0 Å². The highest BCUT2D eigenvalue weighted by molar-refractivity contribution is 5.94. The van der Waals surface area contributed by atoms with E-state index in [0.29, 0.717) is 17.9 Å². The van der Waals surface area contributed by atoms with Gasteiger partial charge in [-0.1, -0.05) is 19.1 Å². The summed E-state index contributed by atoms with van der Waals surface area (Å²) in [6.45, 7) is 6.60. The second kappa shape index (κ2) is 7.52. The lowest BCUT2D eigenvalue weighted by atomic mass is 10.1. The van der Waals surface area contributed by atoms with Gasteiger partial charge in [0.25, 0.3) is 5.91 Å². The second-order valence-electron chi connectivity index (χ2n) is 6.38. The van der Waals surface area contributed by atoms with Gasteiger partial charge >= 0.3 is 0 Å². The molecule has 0 aliphatic rings. The van der Waals surface area contributed by atoms with Crippen LogP contribution in [0.1, 0.15) is 35.0 Å². The Morgan fingerprint density at radius 1 is 1.12 bits per heavy atom. The number of aryl methyl sites for hydroxylation is 2. The standard InChI is InChI=1S/C21H22FN3O/c1-4-11-23-21(26)20-13-18(16-7-9-17(22)10-8-16)24-25(20)19-12-14(2)5-6-15(19)3/h5-10,12-13H,4,11H2,1-3H3,(H,23,26). The molecule has 0 unspecified atom stereocenters. The molecule has 0 saturated carbocycles. The molecule has 1 heterocycles. The Kier molecular flexibility index (Phi) is 5.16. The highest BCUT2D eigenvalue weighted by Crippen LogP contribution is 2.24. The number of halogens is 1. The average molecular weight is 351 g/mol. The SMILES string of the molecule is CCCNC(=O)c1cc(-c2ccc(F)cc2)nn1-c1cc(C)ccc1C. The van der Waals surface area contributed by atoms with Crippen LogP contribution in [-0.4, -0.2) is 22.2 Å². The molecule has 2 aromatic carbocycles. The monoisotopic (exact) mass is 351 g/mol. The first kappa shape index (κ1) is 17.9. The van der Waals surface area contributed by atoms with Crippen LogP contribution >= 0.6 is 0 Å². The molecule has 4 nitrogen and oxygen atoms in total. The molecule has 0 spiro atoms. The Bertz CT molecular complexity index is 929. The van der Waals surface area contributed by atoms with Crippen LogP contribution in [0.5, 0.6) is 0 Å². The first-order valence-electron chi connectivity index (χ1n) is 8.71. The molecule has 26 heavy (non-hydrogen) atoms. The van der Waals surface area contributed by atoms with E-state index in [0.717, 1.165) is 28.8 Å². The van der Waals surface area contributed by atoms with Gasteiger partial charge in [0.15, 0.2) is 0 Å². The largest absolute Gasteiger partial charge is 0.351 e. The minimum atomic E-state index is -0.302. The summed E-state index contributed by atoms with van der Waals surface area (Å²) in [5.74, 6) is -0.475. The summed E-state index contributed by atoms with van der Waals surface area (Å²) in [6, 6.07) is 13.9. The van der Waals surface area contributed by atoms with E-state index in [1.165, 1.54) is 12.1 Å². The fraction of sp³-hybridized carbons (Fsp3) is 0.238. The van der Waals surface area contributed by atoms with Crippen molar-refractivity contribution in [2.24, 2.45) is 0 Å². The molecule has 0 radical (unpaired) electrons. The van der Waals surface area contributed by atoms with Crippen LogP contribution in [0.2, 0.25) is 0 Å². The van der Waals surface area contributed by atoms with Crippen molar-refractivity contribution >= 4 is 5.91 Å². The van der Waals surface area contributed by atoms with E-state index >= 15 is 0 Å². The van der Waals surface area contributed by atoms with Gasteiger partial charge in [-0.25, -0.2) is 9.07 Å². The Labute approximate surface area is 152 Å². The third kappa shape index (κ3) is 3.67. The average Bonchev–Trinajstić information content (AvgIpc) is 3.07. The van der Waals surface area contributed by atoms with Gasteiger partial charge in [-0.15, -0.1) is 0 Å². The van der Waals surface area contributed by atoms with Crippen LogP contribution < -0.4 is 5.32 Å². The van der Waals surface area contributed by atoms with Crippen LogP contribution in [0.25, 0.3) is 16.9 Å². The Morgan fingerprint density at radius 3 is 2.54 bits per heavy atom. The van der Waals surface area contributed by atoms with Crippen LogP contribution in [0, 0.1) is 19.7 Å². The second-order valence-corrected chi connectivity index (χ2v) is 6.38. The zero-order valence-corrected chi connectivity index (χ0v) is 15.2. The Morgan fingerprint density at radius 2 is 1.85 bits per heavy atom. The Hall–Kier alpha value is -2.95. The summed E-state index contributed by atoms with van der Waals surface area (Å²) in [6.07, 6.45) is 0.855. The van der Waals surface area contributed by atoms with Gasteiger partial charge < -0.3 is 5.32 Å². The number of nitrogens with zero attached hydrogens (tertiary/aromatic N) is 2. The van der Waals surface area contributed by atoms with Crippen molar-refractivity contribution in [3.63, 3.8) is 0 Å². The summed E-state index contributed by atoms with van der Waals surface area (Å²) >= 11 is 0. The zero-order chi connectivity index (χ0) is 18.7. The molecule has 0 aliphatic carbocycles. The van der Waals surface area contributed by atoms with Crippen molar-refractivity contribution in [2.75, 3.05) is 6.54 Å². The third-order valence-electron chi connectivity index (χ3n) is 4.21. The molecule has 0 saturated heterocycles. The van der Waals surface area contributed by atoms with E-state index in [1.54, 1.807) is 22.9 Å². The first-order valence-corrected chi connectivity index (χ1v) is 8.71. The molecule has 0 bridgehead atoms. The Balaban J connectivity index is 2.12. The normalized spacial score (nSPS) is 10.8. The maximum absolute atomic E-state index is 13.2. The summed E-state index contributed by atoms with van der Waals surface area (Å²) < 4.78 is 14.9. The van der Waals surface area contributed by atoms with Crippen LogP contribution in [0.15, 0.2) is 48.5 Å². The van der Waals surface area contributed by atoms with Crippen LogP contribution in [0.4, 0.5) is 4.39 Å². The number of hydrogen-bond acceptors (Lipinski definition) is 2. The number of aromatic nitrogens is 2. The predicted octanol–water partition coefficient (Wildman–Crippen LogP) is 4.44. The minimum absolute atomic E-state index is 0.173. The van der Waals surface area contributed by atoms with Crippen molar-refractivity contribution in [3.8, 4) is 16.9 Å². The smallest absolute Gasteiger partial charge is 0.270 e. The van der Waals surface area contributed by atoms with Crippen LogP contribution in [-0.2, 0) is 0 Å². The summed E-state index contributed by atoms with van der Waals surface area (Å²) in [7, 11) is 0. The highest BCUT2D eigenvalue weighted by atomic mass is 19.1. The molecular weight excluding hydrogens is 329 g/mol. The maximum atomic E-state index is 13.2. The topological polar surface area (TPSA) is 46.9 Å². The maximum Gasteiger partial charge on any atom is 0.270 e. The van der Waals surface area contributed by atoms with E-state index in [-0.39, 0.29) is 11.7 Å². The third-order valence-corrected chi connectivity index (χ3v) is 4.21. The van der Waals surface area contributed by atoms with Gasteiger partial charge in [0.05, 0.1) is 11.4 Å². The molecule has 1 amide bonds. The van der Waals surface area contributed by atoms with Gasteiger partial charge in [0.1, 0.15) is 11.5 Å². The van der Waals surface area contributed by atoms with Gasteiger partial charge in [-0.2, -0.15) is 5.10 Å². The summed E-state index contributed by atoms with van der Waals surface area (Å²) in [5.41, 5.74) is 4.83. The molecule has 1 aromatic heterocycles. The molecule has 0 aliphatic heterocycles. The van der Waals surface area contributed by atoms with Gasteiger partial charge in [-0.05, 0) is 67.8 Å². The number of carbonyl (C=O) groups excluding carboxylic acids is 1. The number of benzene rings is 2. The number of carbonyl (C=O) groups is 1. The summed E-state index contributed by atoms with van der Waals surface area (Å²) in [4.78, 5) is 12.7. The molecule has 134 valence electrons. The predicted molar refractivity (Wildman–Crippen MR) is 101 cm³/mol. The molecule has 1 N–H and O–H groups in total. The van der Waals surface area contributed by atoms with E-state index in [2.05, 4.69) is 10.4 Å². The summed E-state index contributed by atoms with van der Waals surface area (Å²) in [5, 5.41) is 7.55. The van der Waals surface area contributed by atoms with Crippen molar-refractivity contribution in [1.82, 2.24) is 15.1 Å². The molecule has 3 rings (SSSR count). The van der Waals surface area contributed by atoms with Gasteiger partial charge in [0, 0.05) is 12.1 Å².